The summed E-state index contributed by atoms with van der Waals surface area (Å²) >= 11 is 1.91. The minimum absolute atomic E-state index is 0.407. The first-order valence-corrected chi connectivity index (χ1v) is 3.45. The van der Waals surface area contributed by atoms with Crippen molar-refractivity contribution in [2.24, 2.45) is 0 Å². The Morgan fingerprint density at radius 3 is 1.86 bits per heavy atom. The number of hydrogen-bond donors (Lipinski definition) is 0. The van der Waals surface area contributed by atoms with E-state index in [0.29, 0.717) is 5.54 Å². The van der Waals surface area contributed by atoms with Crippen LogP contribution in [0.3, 0.4) is 0 Å². The van der Waals surface area contributed by atoms with E-state index in [1.165, 1.54) is 5.88 Å². The fraction of sp³-hybridized carbons (Fsp3) is 1.00. The van der Waals surface area contributed by atoms with Crippen LogP contribution in [-0.2, 0) is 0 Å². The van der Waals surface area contributed by atoms with Crippen molar-refractivity contribution in [2.45, 2.75) is 26.3 Å². The topological polar surface area (TPSA) is 3.01 Å². The Kier molecular flexibility index (Phi) is 1.08. The van der Waals surface area contributed by atoms with Crippen LogP contribution >= 0.6 is 11.9 Å². The fourth-order valence-electron chi connectivity index (χ4n) is 0.416. The van der Waals surface area contributed by atoms with Gasteiger partial charge in [0, 0.05) is 5.54 Å². The quantitative estimate of drug-likeness (QED) is 0.351. The van der Waals surface area contributed by atoms with Gasteiger partial charge in [0.25, 0.3) is 0 Å². The highest BCUT2D eigenvalue weighted by atomic mass is 32.2. The van der Waals surface area contributed by atoms with Crippen LogP contribution in [0.2, 0.25) is 0 Å². The summed E-state index contributed by atoms with van der Waals surface area (Å²) in [4.78, 5) is 0. The molecule has 1 fully saturated rings. The fourth-order valence-corrected chi connectivity index (χ4v) is 1.25. The Morgan fingerprint density at radius 2 is 1.86 bits per heavy atom. The average Bonchev–Trinajstić information content (AvgIpc) is 1.99. The summed E-state index contributed by atoms with van der Waals surface area (Å²) < 4.78 is 2.35. The minimum Gasteiger partial charge on any atom is -0.233 e. The van der Waals surface area contributed by atoms with E-state index in [4.69, 9.17) is 0 Å². The second-order valence-corrected chi connectivity index (χ2v) is 3.76. The number of rotatable bonds is 0. The van der Waals surface area contributed by atoms with Gasteiger partial charge in [0.05, 0.1) is 5.88 Å². The normalized spacial score (nSPS) is 30.4. The molecule has 2 heteroatoms. The van der Waals surface area contributed by atoms with Crippen molar-refractivity contribution in [2.75, 3.05) is 5.88 Å². The van der Waals surface area contributed by atoms with E-state index < -0.39 is 0 Å². The molecule has 1 nitrogen and oxygen atoms in total. The minimum atomic E-state index is 0.407. The summed E-state index contributed by atoms with van der Waals surface area (Å²) in [5.74, 6) is 1.23. The van der Waals surface area contributed by atoms with Gasteiger partial charge in [0.15, 0.2) is 0 Å². The van der Waals surface area contributed by atoms with Crippen LogP contribution in [0.1, 0.15) is 20.8 Å². The smallest absolute Gasteiger partial charge is 0.0700 e. The van der Waals surface area contributed by atoms with E-state index >= 15 is 0 Å². The molecule has 0 aromatic carbocycles. The molecule has 1 aliphatic rings. The zero-order valence-electron chi connectivity index (χ0n) is 5.06. The summed E-state index contributed by atoms with van der Waals surface area (Å²) in [5, 5.41) is 0. The van der Waals surface area contributed by atoms with E-state index in [2.05, 4.69) is 25.1 Å². The monoisotopic (exact) mass is 117 g/mol. The van der Waals surface area contributed by atoms with E-state index in [-0.39, 0.29) is 0 Å². The second kappa shape index (κ2) is 1.39. The Labute approximate surface area is 49.2 Å². The van der Waals surface area contributed by atoms with Crippen LogP contribution in [0.25, 0.3) is 0 Å². The molecule has 42 valence electrons. The van der Waals surface area contributed by atoms with Gasteiger partial charge in [-0.1, -0.05) is 11.9 Å². The third kappa shape index (κ3) is 1.35. The van der Waals surface area contributed by atoms with Crippen molar-refractivity contribution >= 4 is 11.9 Å². The molecule has 0 bridgehead atoms. The number of nitrogens with zero attached hydrogens (tertiary/aromatic N) is 1. The standard InChI is InChI=1S/C5H11NS/c1-5(2,3)6-4-7-6/h4H2,1-3H3. The van der Waals surface area contributed by atoms with Gasteiger partial charge in [-0.15, -0.1) is 0 Å². The van der Waals surface area contributed by atoms with Crippen molar-refractivity contribution in [1.29, 1.82) is 0 Å². The van der Waals surface area contributed by atoms with Crippen molar-refractivity contribution in [3.8, 4) is 0 Å². The molecule has 0 radical (unpaired) electrons. The van der Waals surface area contributed by atoms with Crippen LogP contribution in [0, 0.1) is 0 Å². The molecule has 1 unspecified atom stereocenters. The molecule has 1 atom stereocenters. The molecule has 1 rings (SSSR count). The average molecular weight is 117 g/mol. The largest absolute Gasteiger partial charge is 0.233 e. The van der Waals surface area contributed by atoms with Gasteiger partial charge in [0.1, 0.15) is 0 Å². The highest BCUT2D eigenvalue weighted by Crippen LogP contribution is 2.36. The van der Waals surface area contributed by atoms with Crippen molar-refractivity contribution in [3.63, 3.8) is 0 Å². The van der Waals surface area contributed by atoms with Gasteiger partial charge in [-0.05, 0) is 20.8 Å². The lowest BCUT2D eigenvalue weighted by atomic mass is 10.1. The first-order chi connectivity index (χ1) is 3.11. The van der Waals surface area contributed by atoms with E-state index in [9.17, 15) is 0 Å². The highest BCUT2D eigenvalue weighted by Gasteiger charge is 2.31. The molecule has 0 aromatic heterocycles. The van der Waals surface area contributed by atoms with Crippen LogP contribution in [0.5, 0.6) is 0 Å². The third-order valence-corrected chi connectivity index (χ3v) is 2.07. The molecule has 7 heavy (non-hydrogen) atoms. The summed E-state index contributed by atoms with van der Waals surface area (Å²) in [6, 6.07) is 0. The number of hydrogen-bond acceptors (Lipinski definition) is 2. The molecule has 0 saturated carbocycles. The Morgan fingerprint density at radius 1 is 1.43 bits per heavy atom. The van der Waals surface area contributed by atoms with Crippen molar-refractivity contribution in [3.05, 3.63) is 0 Å². The van der Waals surface area contributed by atoms with E-state index in [1.54, 1.807) is 0 Å². The van der Waals surface area contributed by atoms with Crippen LogP contribution in [0.4, 0.5) is 0 Å². The van der Waals surface area contributed by atoms with Gasteiger partial charge in [-0.3, -0.25) is 0 Å². The van der Waals surface area contributed by atoms with E-state index in [0.717, 1.165) is 0 Å². The van der Waals surface area contributed by atoms with Crippen LogP contribution in [0.15, 0.2) is 0 Å². The molecule has 0 N–H and O–H groups in total. The maximum Gasteiger partial charge on any atom is 0.0700 e. The first-order valence-electron chi connectivity index (χ1n) is 2.51. The van der Waals surface area contributed by atoms with E-state index in [1.807, 2.05) is 11.9 Å². The maximum atomic E-state index is 2.35. The zero-order valence-corrected chi connectivity index (χ0v) is 5.88. The lowest BCUT2D eigenvalue weighted by Gasteiger charge is -2.16. The summed E-state index contributed by atoms with van der Waals surface area (Å²) in [6.07, 6.45) is 0. The van der Waals surface area contributed by atoms with Crippen molar-refractivity contribution < 1.29 is 0 Å². The predicted molar refractivity (Wildman–Crippen MR) is 34.0 cm³/mol. The Balaban J connectivity index is 2.36. The molecule has 0 spiro atoms. The molecule has 1 saturated heterocycles. The van der Waals surface area contributed by atoms with Gasteiger partial charge in [-0.2, -0.15) is 0 Å². The summed E-state index contributed by atoms with van der Waals surface area (Å²) in [5.41, 5.74) is 0.407. The van der Waals surface area contributed by atoms with Crippen molar-refractivity contribution in [1.82, 2.24) is 4.31 Å². The van der Waals surface area contributed by atoms with Crippen LogP contribution < -0.4 is 0 Å². The maximum absolute atomic E-state index is 2.35. The van der Waals surface area contributed by atoms with Crippen LogP contribution in [-0.4, -0.2) is 15.7 Å². The molecule has 1 heterocycles. The molecular weight excluding hydrogens is 106 g/mol. The second-order valence-electron chi connectivity index (χ2n) is 2.81. The Bertz CT molecular complexity index is 70.6. The Hall–Kier alpha value is 0.310. The zero-order chi connectivity index (χ0) is 5.49. The van der Waals surface area contributed by atoms with Gasteiger partial charge >= 0.3 is 0 Å². The first kappa shape index (κ1) is 5.45. The predicted octanol–water partition coefficient (Wildman–Crippen LogP) is 1.71. The SMILES string of the molecule is CC(C)(C)N1CS1. The van der Waals surface area contributed by atoms with Gasteiger partial charge in [-0.25, -0.2) is 4.31 Å². The molecular formula is C5H11NS. The molecule has 0 amide bonds. The molecule has 0 aromatic rings. The van der Waals surface area contributed by atoms with Gasteiger partial charge in [0.2, 0.25) is 0 Å². The molecule has 1 aliphatic heterocycles. The lowest BCUT2D eigenvalue weighted by Crippen LogP contribution is -2.23. The third-order valence-electron chi connectivity index (χ3n) is 1.01. The lowest BCUT2D eigenvalue weighted by molar-refractivity contribution is 0.355. The van der Waals surface area contributed by atoms with Gasteiger partial charge < -0.3 is 0 Å². The summed E-state index contributed by atoms with van der Waals surface area (Å²) in [6.45, 7) is 6.69. The molecule has 0 aliphatic carbocycles. The highest BCUT2D eigenvalue weighted by molar-refractivity contribution is 8.03. The summed E-state index contributed by atoms with van der Waals surface area (Å²) in [7, 11) is 0.